The van der Waals surface area contributed by atoms with Crippen molar-refractivity contribution in [3.8, 4) is 6.07 Å². The molecule has 364 valence electrons. The summed E-state index contributed by atoms with van der Waals surface area (Å²) in [4.78, 5) is 0. The summed E-state index contributed by atoms with van der Waals surface area (Å²) in [7, 11) is -15.2. The van der Waals surface area contributed by atoms with Crippen LogP contribution in [0.25, 0.3) is 0 Å². The van der Waals surface area contributed by atoms with Crippen molar-refractivity contribution in [3.63, 3.8) is 0 Å². The van der Waals surface area contributed by atoms with Gasteiger partial charge >= 0.3 is 167 Å². The predicted molar refractivity (Wildman–Crippen MR) is 288 cm³/mol. The fourth-order valence-electron chi connectivity index (χ4n) is 7.45. The van der Waals surface area contributed by atoms with Gasteiger partial charge in [0.1, 0.15) is 0 Å². The second-order valence-electron chi connectivity index (χ2n) is 15.0. The molecular weight excluding hydrogens is 1060 g/mol. The second kappa shape index (κ2) is 30.0. The van der Waals surface area contributed by atoms with Crippen LogP contribution in [0.5, 0.6) is 0 Å². The van der Waals surface area contributed by atoms with Crippen molar-refractivity contribution >= 4 is 85.4 Å². The molecule has 0 radical (unpaired) electrons. The Morgan fingerprint density at radius 3 is 0.577 bits per heavy atom. The van der Waals surface area contributed by atoms with Crippen LogP contribution >= 0.6 is 23.1 Å². The molecule has 9 rings (SSSR count). The first-order valence-electron chi connectivity index (χ1n) is 22.0. The van der Waals surface area contributed by atoms with Gasteiger partial charge in [-0.05, 0) is 47.7 Å². The van der Waals surface area contributed by atoms with Gasteiger partial charge in [-0.15, -0.1) is 0 Å². The smallest absolute Gasteiger partial charge is 0.0622 e. The van der Waals surface area contributed by atoms with E-state index < -0.39 is 37.6 Å². The van der Waals surface area contributed by atoms with Gasteiger partial charge in [-0.25, -0.2) is 0 Å². The molecule has 15 heteroatoms. The van der Waals surface area contributed by atoms with Crippen molar-refractivity contribution in [1.82, 2.24) is 0 Å². The van der Waals surface area contributed by atoms with Crippen LogP contribution in [-0.4, -0.2) is 20.7 Å². The number of rotatable bonds is 10. The predicted octanol–water partition coefficient (Wildman–Crippen LogP) is 12.7. The summed E-state index contributed by atoms with van der Waals surface area (Å²) in [6.07, 6.45) is 0.547. The molecule has 0 fully saturated rings. The molecule has 0 amide bonds. The van der Waals surface area contributed by atoms with Crippen LogP contribution in [0.4, 0.5) is 34.5 Å². The Hall–Kier alpha value is -6.01. The van der Waals surface area contributed by atoms with E-state index >= 15 is 0 Å². The fourth-order valence-corrected chi connectivity index (χ4v) is 16.2. The molecule has 0 bridgehead atoms. The van der Waals surface area contributed by atoms with Crippen molar-refractivity contribution in [1.29, 1.82) is 5.26 Å². The van der Waals surface area contributed by atoms with E-state index in [9.17, 15) is 39.8 Å². The summed E-state index contributed by atoms with van der Waals surface area (Å²) < 4.78 is 78.0. The molecule has 9 aromatic rings. The fraction of sp³-hybridized carbons (Fsp3) is 0.0179. The van der Waals surface area contributed by atoms with Crippen LogP contribution < -0.4 is 47.7 Å². The number of hydrogen-bond donors (Lipinski definition) is 0. The Morgan fingerprint density at radius 1 is 0.296 bits per heavy atom. The molecule has 71 heavy (non-hydrogen) atoms. The first-order valence-corrected chi connectivity index (χ1v) is 26.9. The SMILES string of the molecule is F[B-](F)(F)F.F[B-](F)(F)F.N#CC[PH](c1ccccc1)(c1ccccc1)c1ccccc1.[Pd+2].c1ccc(P(c2ccccc2)c2ccccc2)cc1.c1ccc(P(c2ccccc2)c2ccccc2)cc1. The first-order chi connectivity index (χ1) is 33.8. The molecule has 1 nitrogen and oxygen atoms in total. The summed E-state index contributed by atoms with van der Waals surface area (Å²) in [5.41, 5.74) is 0. The zero-order valence-electron chi connectivity index (χ0n) is 38.0. The van der Waals surface area contributed by atoms with Crippen LogP contribution in [0.3, 0.4) is 0 Å². The minimum Gasteiger partial charge on any atom is -0.0622 e. The van der Waals surface area contributed by atoms with Crippen molar-refractivity contribution in [2.45, 2.75) is 0 Å². The number of nitriles is 1. The van der Waals surface area contributed by atoms with E-state index in [1.807, 2.05) is 18.2 Å². The van der Waals surface area contributed by atoms with Crippen molar-refractivity contribution in [2.75, 3.05) is 6.16 Å². The van der Waals surface area contributed by atoms with E-state index in [-0.39, 0.29) is 20.4 Å². The van der Waals surface area contributed by atoms with Crippen LogP contribution in [-0.2, 0) is 20.4 Å². The maximum atomic E-state index is 9.75. The van der Waals surface area contributed by atoms with Gasteiger partial charge in [0.15, 0.2) is 0 Å². The van der Waals surface area contributed by atoms with Crippen molar-refractivity contribution in [2.24, 2.45) is 0 Å². The number of benzene rings is 9. The summed E-state index contributed by atoms with van der Waals surface area (Å²) in [6, 6.07) is 98.7. The summed E-state index contributed by atoms with van der Waals surface area (Å²) >= 11 is 0. The zero-order chi connectivity index (χ0) is 50.1. The largest absolute Gasteiger partial charge is 2.00 e. The van der Waals surface area contributed by atoms with Crippen molar-refractivity contribution < 1.29 is 54.9 Å². The van der Waals surface area contributed by atoms with E-state index in [1.54, 1.807) is 0 Å². The quantitative estimate of drug-likeness (QED) is 0.0761. The third-order valence-electron chi connectivity index (χ3n) is 10.2. The average molecular weight is 1110 g/mol. The Kier molecular flexibility index (Phi) is 24.3. The molecule has 0 aliphatic rings. The monoisotopic (exact) mass is 1110 g/mol. The molecule has 0 aliphatic heterocycles. The molecule has 9 aromatic carbocycles. The van der Waals surface area contributed by atoms with E-state index in [2.05, 4.69) is 261 Å². The Bertz CT molecular complexity index is 2420. The zero-order valence-corrected chi connectivity index (χ0v) is 42.4. The molecule has 0 N–H and O–H groups in total. The molecule has 0 heterocycles. The molecule has 0 spiro atoms. The second-order valence-corrected chi connectivity index (χ2v) is 23.3. The molecule has 0 unspecified atom stereocenters. The van der Waals surface area contributed by atoms with Gasteiger partial charge in [0, 0.05) is 0 Å². The molecule has 0 aliphatic carbocycles. The minimum absolute atomic E-state index is 0. The average Bonchev–Trinajstić information content (AvgIpc) is 3.38. The van der Waals surface area contributed by atoms with Gasteiger partial charge < -0.3 is 34.5 Å². The van der Waals surface area contributed by atoms with E-state index in [4.69, 9.17) is 0 Å². The van der Waals surface area contributed by atoms with Crippen molar-refractivity contribution in [3.05, 3.63) is 273 Å². The maximum absolute atomic E-state index is 9.75. The molecule has 0 saturated heterocycles. The molecule has 0 saturated carbocycles. The van der Waals surface area contributed by atoms with E-state index in [0.717, 1.165) is 0 Å². The standard InChI is InChI=1S/C20H18NP.2C18H15P.2BF4.Pd/c21-16-17-22(18-10-4-1-5-11-18,19-12-6-2-7-13-19)20-14-8-3-9-15-20;2*1-4-10-16(11-5-1)19(17-12-6-2-7-13-17)18-14-8-3-9-15-18;2*2-1(3,4)5;/h1-15,22H,17H2;2*1-15H;;;/q;;;2*-1;+2. The van der Waals surface area contributed by atoms with E-state index in [1.165, 1.54) is 47.7 Å². The Morgan fingerprint density at radius 2 is 0.437 bits per heavy atom. The third kappa shape index (κ3) is 19.6. The number of halogens is 8. The van der Waals surface area contributed by atoms with Crippen LogP contribution in [0.15, 0.2) is 273 Å². The summed E-state index contributed by atoms with van der Waals surface area (Å²) in [5.74, 6) is 0. The molecular formula is C56H48B2F8NP3Pd. The normalized spacial score (nSPS) is 10.9. The van der Waals surface area contributed by atoms with Crippen LogP contribution in [0.1, 0.15) is 0 Å². The number of hydrogen-bond acceptors (Lipinski definition) is 1. The maximum Gasteiger partial charge on any atom is 2.00 e. The van der Waals surface area contributed by atoms with Gasteiger partial charge in [-0.1, -0.05) is 182 Å². The van der Waals surface area contributed by atoms with Gasteiger partial charge in [-0.2, -0.15) is 0 Å². The van der Waals surface area contributed by atoms with Gasteiger partial charge in [-0.3, -0.25) is 0 Å². The topological polar surface area (TPSA) is 23.8 Å². The first kappa shape index (κ1) is 57.6. The summed E-state index contributed by atoms with van der Waals surface area (Å²) in [6.45, 7) is 0. The van der Waals surface area contributed by atoms with Gasteiger partial charge in [0.25, 0.3) is 0 Å². The Balaban J connectivity index is 0.000000210. The van der Waals surface area contributed by atoms with Crippen LogP contribution in [0.2, 0.25) is 0 Å². The molecule has 0 atom stereocenters. The third-order valence-corrected chi connectivity index (χ3v) is 19.8. The van der Waals surface area contributed by atoms with Gasteiger partial charge in [0.2, 0.25) is 0 Å². The minimum atomic E-state index is -6.00. The summed E-state index contributed by atoms with van der Waals surface area (Å²) in [5, 5.41) is 21.8. The van der Waals surface area contributed by atoms with E-state index in [0.29, 0.717) is 6.16 Å². The van der Waals surface area contributed by atoms with Crippen LogP contribution in [0, 0.1) is 11.3 Å². The Labute approximate surface area is 428 Å². The molecule has 0 aromatic heterocycles. The van der Waals surface area contributed by atoms with Gasteiger partial charge in [0.05, 0.1) is 0 Å². The number of nitrogens with zero attached hydrogens (tertiary/aromatic N) is 1.